The minimum Gasteiger partial charge on any atom is -0.283 e. The Morgan fingerprint density at radius 3 is 0.913 bits per heavy atom. The molecule has 6 heteroatoms. The Labute approximate surface area is 275 Å². The van der Waals surface area contributed by atoms with E-state index in [4.69, 9.17) is 9.97 Å². The van der Waals surface area contributed by atoms with Gasteiger partial charge in [-0.3, -0.25) is 19.8 Å². The molecule has 6 aromatic rings. The maximum absolute atomic E-state index is 5.00. The molecule has 7 rings (SSSR count). The summed E-state index contributed by atoms with van der Waals surface area (Å²) in [5.74, 6) is 0. The van der Waals surface area contributed by atoms with Crippen molar-refractivity contribution in [2.45, 2.75) is 12.1 Å². The monoisotopic (exact) mass is 636 g/mol. The van der Waals surface area contributed by atoms with E-state index in [2.05, 4.69) is 155 Å². The van der Waals surface area contributed by atoms with Gasteiger partial charge in [0.25, 0.3) is 0 Å². The Bertz CT molecular complexity index is 1540. The second-order valence-corrected chi connectivity index (χ2v) is 15.9. The standard InChI is InChI=1S/C40H38N4P2/c1-5-17-33(18-6-1)39(34-19-7-2-8-20-34)43-29-45(37-25-13-15-27-41-37)31-44(32-46(30-43)38-26-14-16-28-42-38)40(35-21-9-3-10-22-35)36-23-11-4-12-24-36/h1-28,39-40H,29-32H2. The third kappa shape index (κ3) is 7.17. The van der Waals surface area contributed by atoms with Crippen LogP contribution in [0.15, 0.2) is 170 Å². The molecule has 46 heavy (non-hydrogen) atoms. The van der Waals surface area contributed by atoms with E-state index in [1.807, 2.05) is 24.5 Å². The van der Waals surface area contributed by atoms with Gasteiger partial charge >= 0.3 is 0 Å². The van der Waals surface area contributed by atoms with E-state index in [9.17, 15) is 0 Å². The maximum atomic E-state index is 5.00. The number of aromatic nitrogens is 2. The first kappa shape index (κ1) is 30.6. The Hall–Kier alpha value is -4.04. The first-order chi connectivity index (χ1) is 22.8. The van der Waals surface area contributed by atoms with Crippen LogP contribution in [-0.2, 0) is 0 Å². The Morgan fingerprint density at radius 1 is 0.370 bits per heavy atom. The van der Waals surface area contributed by atoms with Crippen LogP contribution in [0.2, 0.25) is 0 Å². The van der Waals surface area contributed by atoms with Gasteiger partial charge in [-0.05, 0) is 62.4 Å². The summed E-state index contributed by atoms with van der Waals surface area (Å²) in [6, 6.07) is 57.3. The molecule has 3 heterocycles. The van der Waals surface area contributed by atoms with Crippen LogP contribution in [0.5, 0.6) is 0 Å². The van der Waals surface area contributed by atoms with E-state index in [1.165, 1.54) is 33.1 Å². The third-order valence-electron chi connectivity index (χ3n) is 8.55. The molecule has 1 saturated heterocycles. The van der Waals surface area contributed by atoms with Crippen molar-refractivity contribution in [3.05, 3.63) is 192 Å². The van der Waals surface area contributed by atoms with Crippen molar-refractivity contribution >= 4 is 26.7 Å². The van der Waals surface area contributed by atoms with Crippen LogP contribution >= 0.6 is 15.8 Å². The van der Waals surface area contributed by atoms with Crippen molar-refractivity contribution in [3.63, 3.8) is 0 Å². The van der Waals surface area contributed by atoms with E-state index in [0.29, 0.717) is 0 Å². The van der Waals surface area contributed by atoms with E-state index in [1.54, 1.807) is 0 Å². The average molecular weight is 637 g/mol. The van der Waals surface area contributed by atoms with Crippen molar-refractivity contribution in [3.8, 4) is 0 Å². The maximum Gasteiger partial charge on any atom is 0.0656 e. The molecule has 0 spiro atoms. The van der Waals surface area contributed by atoms with Gasteiger partial charge in [0.15, 0.2) is 0 Å². The summed E-state index contributed by atoms with van der Waals surface area (Å²) in [5, 5.41) is 0. The Morgan fingerprint density at radius 2 is 0.652 bits per heavy atom. The molecule has 1 fully saturated rings. The number of rotatable bonds is 8. The minimum atomic E-state index is -0.673. The molecule has 0 aliphatic carbocycles. The number of hydrogen-bond acceptors (Lipinski definition) is 4. The van der Waals surface area contributed by atoms with Gasteiger partial charge in [0.05, 0.1) is 23.0 Å². The molecule has 228 valence electrons. The molecule has 0 saturated carbocycles. The fraction of sp³-hybridized carbons (Fsp3) is 0.150. The minimum absolute atomic E-state index is 0.135. The molecule has 2 aromatic heterocycles. The molecule has 0 atom stereocenters. The van der Waals surface area contributed by atoms with Crippen LogP contribution in [0, 0.1) is 0 Å². The van der Waals surface area contributed by atoms with Gasteiger partial charge in [-0.2, -0.15) is 0 Å². The number of pyridine rings is 2. The zero-order chi connectivity index (χ0) is 31.0. The lowest BCUT2D eigenvalue weighted by Crippen LogP contribution is -2.41. The SMILES string of the molecule is c1ccc(C(c2ccccc2)N2CP(c3ccccn3)CN(C(c3ccccc3)c3ccccc3)CP(c3ccccn3)C2)cc1. The van der Waals surface area contributed by atoms with Gasteiger partial charge in [0, 0.05) is 37.5 Å². The summed E-state index contributed by atoms with van der Waals surface area (Å²) >= 11 is 0. The highest BCUT2D eigenvalue weighted by atomic mass is 31.1. The van der Waals surface area contributed by atoms with Gasteiger partial charge in [-0.25, -0.2) is 0 Å². The smallest absolute Gasteiger partial charge is 0.0656 e. The van der Waals surface area contributed by atoms with Crippen molar-refractivity contribution in [2.24, 2.45) is 0 Å². The lowest BCUT2D eigenvalue weighted by atomic mass is 9.98. The summed E-state index contributed by atoms with van der Waals surface area (Å²) in [4.78, 5) is 15.5. The van der Waals surface area contributed by atoms with Crippen molar-refractivity contribution in [1.82, 2.24) is 19.8 Å². The molecule has 4 nitrogen and oxygen atoms in total. The number of benzene rings is 4. The van der Waals surface area contributed by atoms with E-state index in [0.717, 1.165) is 25.1 Å². The number of nitrogens with zero attached hydrogens (tertiary/aromatic N) is 4. The highest BCUT2D eigenvalue weighted by molar-refractivity contribution is 7.66. The second-order valence-electron chi connectivity index (χ2n) is 11.6. The van der Waals surface area contributed by atoms with Crippen molar-refractivity contribution < 1.29 is 0 Å². The largest absolute Gasteiger partial charge is 0.283 e. The average Bonchev–Trinajstić information content (AvgIpc) is 3.12. The van der Waals surface area contributed by atoms with Crippen LogP contribution in [0.3, 0.4) is 0 Å². The number of hydrogen-bond donors (Lipinski definition) is 0. The molecule has 0 bridgehead atoms. The highest BCUT2D eigenvalue weighted by Crippen LogP contribution is 2.50. The summed E-state index contributed by atoms with van der Waals surface area (Å²) < 4.78 is 0. The van der Waals surface area contributed by atoms with Gasteiger partial charge < -0.3 is 0 Å². The van der Waals surface area contributed by atoms with E-state index in [-0.39, 0.29) is 12.1 Å². The van der Waals surface area contributed by atoms with Crippen LogP contribution in [-0.4, -0.2) is 44.9 Å². The van der Waals surface area contributed by atoms with Crippen LogP contribution < -0.4 is 10.9 Å². The van der Waals surface area contributed by atoms with Crippen LogP contribution in [0.4, 0.5) is 0 Å². The van der Waals surface area contributed by atoms with Gasteiger partial charge in [-0.15, -0.1) is 0 Å². The van der Waals surface area contributed by atoms with E-state index >= 15 is 0 Å². The van der Waals surface area contributed by atoms with Gasteiger partial charge in [0.1, 0.15) is 0 Å². The third-order valence-corrected chi connectivity index (χ3v) is 13.2. The lowest BCUT2D eigenvalue weighted by Gasteiger charge is -2.44. The second kappa shape index (κ2) is 15.0. The predicted octanol–water partition coefficient (Wildman–Crippen LogP) is 8.42. The summed E-state index contributed by atoms with van der Waals surface area (Å²) in [5.41, 5.74) is 7.70. The molecule has 0 amide bonds. The van der Waals surface area contributed by atoms with Crippen molar-refractivity contribution in [1.29, 1.82) is 0 Å². The normalized spacial score (nSPS) is 17.9. The highest BCUT2D eigenvalue weighted by Gasteiger charge is 2.36. The zero-order valence-electron chi connectivity index (χ0n) is 25.8. The van der Waals surface area contributed by atoms with E-state index < -0.39 is 15.8 Å². The molecular weight excluding hydrogens is 598 g/mol. The van der Waals surface area contributed by atoms with Gasteiger partial charge in [0.2, 0.25) is 0 Å². The zero-order valence-corrected chi connectivity index (χ0v) is 27.6. The molecular formula is C40H38N4P2. The molecule has 4 aromatic carbocycles. The topological polar surface area (TPSA) is 32.3 Å². The molecule has 1 aliphatic rings. The first-order valence-corrected chi connectivity index (χ1v) is 19.3. The quantitative estimate of drug-likeness (QED) is 0.157. The molecule has 0 N–H and O–H groups in total. The first-order valence-electron chi connectivity index (χ1n) is 15.8. The fourth-order valence-corrected chi connectivity index (χ4v) is 11.5. The predicted molar refractivity (Wildman–Crippen MR) is 194 cm³/mol. The molecule has 0 radical (unpaired) electrons. The van der Waals surface area contributed by atoms with Crippen molar-refractivity contribution in [2.75, 3.05) is 25.1 Å². The summed E-state index contributed by atoms with van der Waals surface area (Å²) in [6.07, 6.45) is 7.70. The summed E-state index contributed by atoms with van der Waals surface area (Å²) in [6.45, 7) is 0. The Kier molecular flexibility index (Phi) is 10.0. The summed E-state index contributed by atoms with van der Waals surface area (Å²) in [7, 11) is -1.35. The van der Waals surface area contributed by atoms with Crippen LogP contribution in [0.25, 0.3) is 0 Å². The van der Waals surface area contributed by atoms with Gasteiger partial charge in [-0.1, -0.05) is 133 Å². The van der Waals surface area contributed by atoms with Crippen LogP contribution in [0.1, 0.15) is 34.3 Å². The lowest BCUT2D eigenvalue weighted by molar-refractivity contribution is 0.280. The fourth-order valence-electron chi connectivity index (χ4n) is 6.52. The Balaban J connectivity index is 1.37. The molecule has 1 aliphatic heterocycles. The molecule has 0 unspecified atom stereocenters.